The van der Waals surface area contributed by atoms with Crippen LogP contribution in [0, 0.1) is 0 Å². The maximum absolute atomic E-state index is 9.94. The number of halogens is 1. The highest BCUT2D eigenvalue weighted by molar-refractivity contribution is 6.31. The van der Waals surface area contributed by atoms with Crippen LogP contribution >= 0.6 is 11.6 Å². The monoisotopic (exact) mass is 282 g/mol. The van der Waals surface area contributed by atoms with Crippen LogP contribution in [0.2, 0.25) is 5.02 Å². The molecule has 0 amide bonds. The lowest BCUT2D eigenvalue weighted by Crippen LogP contribution is -2.37. The third-order valence-corrected chi connectivity index (χ3v) is 4.01. The maximum Gasteiger partial charge on any atom is 0.121 e. The summed E-state index contributed by atoms with van der Waals surface area (Å²) in [6.07, 6.45) is 3.62. The van der Waals surface area contributed by atoms with Crippen LogP contribution in [-0.4, -0.2) is 35.7 Å². The molecule has 2 N–H and O–H groups in total. The zero-order valence-corrected chi connectivity index (χ0v) is 12.3. The number of aromatic hydroxyl groups is 1. The topological polar surface area (TPSA) is 35.5 Å². The number of nitrogens with one attached hydrogen (secondary N) is 1. The first-order valence-electron chi connectivity index (χ1n) is 7.12. The number of phenols is 1. The summed E-state index contributed by atoms with van der Waals surface area (Å²) in [4.78, 5) is 2.38. The van der Waals surface area contributed by atoms with Crippen LogP contribution in [0.4, 0.5) is 0 Å². The fourth-order valence-corrected chi connectivity index (χ4v) is 2.93. The van der Waals surface area contributed by atoms with Crippen LogP contribution in [0.5, 0.6) is 5.75 Å². The van der Waals surface area contributed by atoms with E-state index < -0.39 is 0 Å². The first-order chi connectivity index (χ1) is 9.20. The second-order valence-electron chi connectivity index (χ2n) is 5.27. The van der Waals surface area contributed by atoms with Crippen LogP contribution in [0.25, 0.3) is 0 Å². The van der Waals surface area contributed by atoms with E-state index in [2.05, 4.69) is 17.1 Å². The summed E-state index contributed by atoms with van der Waals surface area (Å²) < 4.78 is 0. The molecule has 0 bridgehead atoms. The molecule has 1 aromatic rings. The molecule has 0 saturated carbocycles. The largest absolute Gasteiger partial charge is 0.508 e. The number of hydrogen-bond acceptors (Lipinski definition) is 3. The highest BCUT2D eigenvalue weighted by Crippen LogP contribution is 2.27. The summed E-state index contributed by atoms with van der Waals surface area (Å²) in [6.45, 7) is 6.09. The van der Waals surface area contributed by atoms with Crippen LogP contribution in [-0.2, 0) is 6.54 Å². The van der Waals surface area contributed by atoms with E-state index in [0.29, 0.717) is 16.8 Å². The Morgan fingerprint density at radius 2 is 2.32 bits per heavy atom. The molecule has 0 aliphatic carbocycles. The van der Waals surface area contributed by atoms with Gasteiger partial charge >= 0.3 is 0 Å². The smallest absolute Gasteiger partial charge is 0.121 e. The summed E-state index contributed by atoms with van der Waals surface area (Å²) >= 11 is 6.19. The van der Waals surface area contributed by atoms with Crippen molar-refractivity contribution in [1.82, 2.24) is 10.2 Å². The fraction of sp³-hybridized carbons (Fsp3) is 0.600. The molecule has 19 heavy (non-hydrogen) atoms. The minimum Gasteiger partial charge on any atom is -0.508 e. The second-order valence-corrected chi connectivity index (χ2v) is 5.67. The predicted molar refractivity (Wildman–Crippen MR) is 79.7 cm³/mol. The highest BCUT2D eigenvalue weighted by atomic mass is 35.5. The normalized spacial score (nSPS) is 19.2. The second kappa shape index (κ2) is 7.13. The molecule has 4 heteroatoms. The summed E-state index contributed by atoms with van der Waals surface area (Å²) in [7, 11) is 0. The summed E-state index contributed by atoms with van der Waals surface area (Å²) in [5.74, 6) is 0.299. The van der Waals surface area contributed by atoms with Crippen molar-refractivity contribution in [2.24, 2.45) is 0 Å². The first-order valence-corrected chi connectivity index (χ1v) is 7.50. The molecule has 1 aliphatic rings. The molecule has 0 aromatic heterocycles. The van der Waals surface area contributed by atoms with Gasteiger partial charge < -0.3 is 10.4 Å². The van der Waals surface area contributed by atoms with Gasteiger partial charge in [0.1, 0.15) is 5.75 Å². The molecule has 3 nitrogen and oxygen atoms in total. The van der Waals surface area contributed by atoms with E-state index in [1.165, 1.54) is 12.8 Å². The highest BCUT2D eigenvalue weighted by Gasteiger charge is 2.19. The molecule has 1 unspecified atom stereocenters. The number of benzene rings is 1. The van der Waals surface area contributed by atoms with Gasteiger partial charge in [0, 0.05) is 29.7 Å². The zero-order valence-electron chi connectivity index (χ0n) is 11.5. The van der Waals surface area contributed by atoms with Gasteiger partial charge in [-0.1, -0.05) is 24.6 Å². The Kier molecular flexibility index (Phi) is 5.49. The minimum absolute atomic E-state index is 0.299. The van der Waals surface area contributed by atoms with Gasteiger partial charge in [-0.15, -0.1) is 0 Å². The van der Waals surface area contributed by atoms with Crippen LogP contribution < -0.4 is 5.32 Å². The van der Waals surface area contributed by atoms with Crippen molar-refractivity contribution in [3.8, 4) is 5.75 Å². The third-order valence-electron chi connectivity index (χ3n) is 3.66. The average molecular weight is 283 g/mol. The molecule has 0 spiro atoms. The molecule has 2 rings (SSSR count). The van der Waals surface area contributed by atoms with E-state index in [-0.39, 0.29) is 0 Å². The van der Waals surface area contributed by atoms with Gasteiger partial charge in [-0.2, -0.15) is 0 Å². The van der Waals surface area contributed by atoms with E-state index in [1.54, 1.807) is 12.1 Å². The zero-order chi connectivity index (χ0) is 13.7. The molecule has 1 aliphatic heterocycles. The summed E-state index contributed by atoms with van der Waals surface area (Å²) in [5.41, 5.74) is 0.843. The van der Waals surface area contributed by atoms with Crippen molar-refractivity contribution in [2.75, 3.05) is 19.6 Å². The van der Waals surface area contributed by atoms with E-state index >= 15 is 0 Å². The van der Waals surface area contributed by atoms with E-state index in [0.717, 1.165) is 38.2 Å². The molecular weight excluding hydrogens is 260 g/mol. The van der Waals surface area contributed by atoms with Crippen molar-refractivity contribution >= 4 is 11.6 Å². The minimum atomic E-state index is 0.299. The van der Waals surface area contributed by atoms with Gasteiger partial charge in [0.05, 0.1) is 0 Å². The first kappa shape index (κ1) is 14.6. The number of nitrogens with zero attached hydrogens (tertiary/aromatic N) is 1. The SMILES string of the molecule is CCCN(Cc1c(O)cccc1Cl)CC1CCCN1. The van der Waals surface area contributed by atoms with Gasteiger partial charge in [0.15, 0.2) is 0 Å². The number of phenolic OH excluding ortho intramolecular Hbond substituents is 1. The molecule has 0 radical (unpaired) electrons. The Balaban J connectivity index is 2.02. The summed E-state index contributed by atoms with van der Waals surface area (Å²) in [6, 6.07) is 5.91. The Morgan fingerprint density at radius 3 is 2.95 bits per heavy atom. The Hall–Kier alpha value is -0.770. The molecule has 1 fully saturated rings. The third kappa shape index (κ3) is 4.10. The molecule has 1 aromatic carbocycles. The van der Waals surface area contributed by atoms with Crippen LogP contribution in [0.15, 0.2) is 18.2 Å². The van der Waals surface area contributed by atoms with Crippen LogP contribution in [0.1, 0.15) is 31.7 Å². The summed E-state index contributed by atoms with van der Waals surface area (Å²) in [5, 5.41) is 14.1. The molecule has 1 atom stereocenters. The average Bonchev–Trinajstić information content (AvgIpc) is 2.87. The lowest BCUT2D eigenvalue weighted by atomic mass is 10.1. The maximum atomic E-state index is 9.94. The van der Waals surface area contributed by atoms with Gasteiger partial charge in [0.2, 0.25) is 0 Å². The van der Waals surface area contributed by atoms with Crippen molar-refractivity contribution in [3.63, 3.8) is 0 Å². The lowest BCUT2D eigenvalue weighted by molar-refractivity contribution is 0.239. The molecular formula is C15H23ClN2O. The van der Waals surface area contributed by atoms with Crippen molar-refractivity contribution in [1.29, 1.82) is 0 Å². The van der Waals surface area contributed by atoms with Crippen molar-refractivity contribution in [3.05, 3.63) is 28.8 Å². The van der Waals surface area contributed by atoms with E-state index in [4.69, 9.17) is 11.6 Å². The predicted octanol–water partition coefficient (Wildman–Crippen LogP) is 3.01. The van der Waals surface area contributed by atoms with Gasteiger partial charge in [-0.05, 0) is 44.5 Å². The van der Waals surface area contributed by atoms with Crippen molar-refractivity contribution in [2.45, 2.75) is 38.8 Å². The van der Waals surface area contributed by atoms with Gasteiger partial charge in [0.25, 0.3) is 0 Å². The Bertz CT molecular complexity index is 385. The van der Waals surface area contributed by atoms with Crippen LogP contribution in [0.3, 0.4) is 0 Å². The fourth-order valence-electron chi connectivity index (χ4n) is 2.70. The molecule has 106 valence electrons. The molecule has 1 heterocycles. The quantitative estimate of drug-likeness (QED) is 0.842. The van der Waals surface area contributed by atoms with Gasteiger partial charge in [-0.25, -0.2) is 0 Å². The standard InChI is InChI=1S/C15H23ClN2O/c1-2-9-18(10-12-5-4-8-17-12)11-13-14(16)6-3-7-15(13)19/h3,6-7,12,17,19H,2,4-5,8-11H2,1H3. The molecule has 1 saturated heterocycles. The Labute approximate surface area is 120 Å². The number of hydrogen-bond donors (Lipinski definition) is 2. The van der Waals surface area contributed by atoms with Crippen molar-refractivity contribution < 1.29 is 5.11 Å². The number of rotatable bonds is 6. The lowest BCUT2D eigenvalue weighted by Gasteiger charge is -2.26. The van der Waals surface area contributed by atoms with Gasteiger partial charge in [-0.3, -0.25) is 4.90 Å². The van der Waals surface area contributed by atoms with E-state index in [9.17, 15) is 5.11 Å². The Morgan fingerprint density at radius 1 is 1.47 bits per heavy atom. The van der Waals surface area contributed by atoms with E-state index in [1.807, 2.05) is 6.07 Å².